The fourth-order valence-electron chi connectivity index (χ4n) is 3.16. The van der Waals surface area contributed by atoms with Crippen LogP contribution < -0.4 is 9.47 Å². The van der Waals surface area contributed by atoms with E-state index in [1.165, 1.54) is 16.7 Å². The molecule has 1 aliphatic rings. The normalized spacial score (nSPS) is 16.0. The van der Waals surface area contributed by atoms with Gasteiger partial charge in [0.2, 0.25) is 0 Å². The number of hydrogen-bond donors (Lipinski definition) is 0. The SMILES string of the molecule is COc1cc(/C=C2\S/C(=N/c3cccc(C)n3)N(C)C2=O)ccc1OCc1ccccc1Cl. The zero-order chi connectivity index (χ0) is 23.4. The first kappa shape index (κ1) is 22.9. The van der Waals surface area contributed by atoms with Crippen molar-refractivity contribution in [3.05, 3.63) is 87.4 Å². The van der Waals surface area contributed by atoms with Crippen molar-refractivity contribution in [1.29, 1.82) is 0 Å². The average molecular weight is 480 g/mol. The molecule has 8 heteroatoms. The van der Waals surface area contributed by atoms with Crippen LogP contribution in [0.15, 0.2) is 70.6 Å². The number of amides is 1. The maximum atomic E-state index is 12.8. The third kappa shape index (κ3) is 5.38. The number of thioether (sulfide) groups is 1. The molecule has 4 rings (SSSR count). The minimum atomic E-state index is -0.121. The molecule has 168 valence electrons. The number of amidine groups is 1. The number of nitrogens with zero attached hydrogens (tertiary/aromatic N) is 3. The lowest BCUT2D eigenvalue weighted by atomic mass is 10.2. The highest BCUT2D eigenvalue weighted by molar-refractivity contribution is 8.18. The third-order valence-corrected chi connectivity index (χ3v) is 6.34. The second-order valence-electron chi connectivity index (χ2n) is 7.30. The van der Waals surface area contributed by atoms with Gasteiger partial charge in [-0.25, -0.2) is 9.98 Å². The van der Waals surface area contributed by atoms with Gasteiger partial charge in [0.15, 0.2) is 22.5 Å². The van der Waals surface area contributed by atoms with E-state index < -0.39 is 0 Å². The van der Waals surface area contributed by atoms with Gasteiger partial charge < -0.3 is 9.47 Å². The van der Waals surface area contributed by atoms with Gasteiger partial charge in [0.1, 0.15) is 6.61 Å². The number of halogens is 1. The van der Waals surface area contributed by atoms with Gasteiger partial charge in [0, 0.05) is 23.3 Å². The minimum absolute atomic E-state index is 0.121. The van der Waals surface area contributed by atoms with E-state index in [2.05, 4.69) is 9.98 Å². The van der Waals surface area contributed by atoms with E-state index in [1.807, 2.05) is 73.7 Å². The van der Waals surface area contributed by atoms with Crippen molar-refractivity contribution in [2.75, 3.05) is 14.2 Å². The van der Waals surface area contributed by atoms with Gasteiger partial charge in [-0.1, -0.05) is 41.9 Å². The molecule has 1 aliphatic heterocycles. The predicted molar refractivity (Wildman–Crippen MR) is 133 cm³/mol. The molecule has 0 unspecified atom stereocenters. The largest absolute Gasteiger partial charge is 0.493 e. The van der Waals surface area contributed by atoms with Gasteiger partial charge in [-0.2, -0.15) is 0 Å². The Bertz CT molecular complexity index is 1260. The first-order valence-electron chi connectivity index (χ1n) is 10.2. The minimum Gasteiger partial charge on any atom is -0.493 e. The maximum Gasteiger partial charge on any atom is 0.266 e. The molecule has 1 aromatic heterocycles. The third-order valence-electron chi connectivity index (χ3n) is 4.91. The lowest BCUT2D eigenvalue weighted by molar-refractivity contribution is -0.121. The van der Waals surface area contributed by atoms with Gasteiger partial charge in [-0.3, -0.25) is 9.69 Å². The zero-order valence-corrected chi connectivity index (χ0v) is 20.0. The van der Waals surface area contributed by atoms with E-state index in [9.17, 15) is 4.79 Å². The predicted octanol–water partition coefficient (Wildman–Crippen LogP) is 5.86. The van der Waals surface area contributed by atoms with Gasteiger partial charge in [-0.15, -0.1) is 0 Å². The van der Waals surface area contributed by atoms with Crippen LogP contribution in [0.3, 0.4) is 0 Å². The highest BCUT2D eigenvalue weighted by Gasteiger charge is 2.30. The molecule has 2 aromatic carbocycles. The van der Waals surface area contributed by atoms with Gasteiger partial charge in [-0.05, 0) is 60.7 Å². The molecule has 0 spiro atoms. The molecule has 0 atom stereocenters. The van der Waals surface area contributed by atoms with E-state index in [4.69, 9.17) is 21.1 Å². The van der Waals surface area contributed by atoms with E-state index in [-0.39, 0.29) is 5.91 Å². The second kappa shape index (κ2) is 10.1. The summed E-state index contributed by atoms with van der Waals surface area (Å²) in [6, 6.07) is 18.7. The number of benzene rings is 2. The maximum absolute atomic E-state index is 12.8. The van der Waals surface area contributed by atoms with Crippen molar-refractivity contribution in [2.45, 2.75) is 13.5 Å². The fraction of sp³-hybridized carbons (Fsp3) is 0.160. The Labute approximate surface area is 201 Å². The van der Waals surface area contributed by atoms with Crippen molar-refractivity contribution < 1.29 is 14.3 Å². The lowest BCUT2D eigenvalue weighted by Crippen LogP contribution is -2.23. The van der Waals surface area contributed by atoms with Gasteiger partial charge in [0.25, 0.3) is 5.91 Å². The van der Waals surface area contributed by atoms with Gasteiger partial charge in [0.05, 0.1) is 12.0 Å². The molecule has 6 nitrogen and oxygen atoms in total. The molecule has 0 radical (unpaired) electrons. The standard InChI is InChI=1S/C25H22ClN3O3S/c1-16-7-6-10-23(27-16)28-25-29(2)24(30)22(33-25)14-17-11-12-20(21(13-17)31-3)32-15-18-8-4-5-9-19(18)26/h4-14H,15H2,1-3H3/b22-14-,28-25+. The van der Waals surface area contributed by atoms with Crippen LogP contribution >= 0.6 is 23.4 Å². The summed E-state index contributed by atoms with van der Waals surface area (Å²) in [4.78, 5) is 23.8. The highest BCUT2D eigenvalue weighted by Crippen LogP contribution is 2.35. The van der Waals surface area contributed by atoms with Crippen LogP contribution in [0.4, 0.5) is 5.82 Å². The zero-order valence-electron chi connectivity index (χ0n) is 18.4. The van der Waals surface area contributed by atoms with Crippen LogP contribution in [0.1, 0.15) is 16.8 Å². The fourth-order valence-corrected chi connectivity index (χ4v) is 4.32. The number of methoxy groups -OCH3 is 1. The monoisotopic (exact) mass is 479 g/mol. The van der Waals surface area contributed by atoms with Crippen LogP contribution in [0.2, 0.25) is 5.02 Å². The average Bonchev–Trinajstić information content (AvgIpc) is 3.06. The molecule has 0 saturated carbocycles. The summed E-state index contributed by atoms with van der Waals surface area (Å²) >= 11 is 7.52. The van der Waals surface area contributed by atoms with Gasteiger partial charge >= 0.3 is 0 Å². The number of rotatable bonds is 6. The van der Waals surface area contributed by atoms with E-state index in [1.54, 1.807) is 14.2 Å². The molecule has 2 heterocycles. The number of pyridine rings is 1. The summed E-state index contributed by atoms with van der Waals surface area (Å²) in [5, 5.41) is 1.23. The Kier molecular flexibility index (Phi) is 7.01. The topological polar surface area (TPSA) is 64.0 Å². The van der Waals surface area contributed by atoms with Crippen LogP contribution in [-0.2, 0) is 11.4 Å². The van der Waals surface area contributed by atoms with Crippen molar-refractivity contribution >= 4 is 46.3 Å². The summed E-state index contributed by atoms with van der Waals surface area (Å²) in [6.07, 6.45) is 1.82. The van der Waals surface area contributed by atoms with Crippen LogP contribution in [0.25, 0.3) is 6.08 Å². The Morgan fingerprint density at radius 3 is 2.70 bits per heavy atom. The number of aromatic nitrogens is 1. The quantitative estimate of drug-likeness (QED) is 0.414. The van der Waals surface area contributed by atoms with Crippen LogP contribution in [0, 0.1) is 6.92 Å². The smallest absolute Gasteiger partial charge is 0.266 e. The summed E-state index contributed by atoms with van der Waals surface area (Å²) in [5.41, 5.74) is 2.57. The molecule has 0 N–H and O–H groups in total. The molecule has 0 aliphatic carbocycles. The van der Waals surface area contributed by atoms with Crippen molar-refractivity contribution in [2.24, 2.45) is 4.99 Å². The molecule has 1 saturated heterocycles. The number of carbonyl (C=O) groups excluding carboxylic acids is 1. The van der Waals surface area contributed by atoms with Crippen LogP contribution in [0.5, 0.6) is 11.5 Å². The Balaban J connectivity index is 1.53. The molecule has 1 fully saturated rings. The van der Waals surface area contributed by atoms with E-state index >= 15 is 0 Å². The number of aliphatic imine (C=N–C) groups is 1. The summed E-state index contributed by atoms with van der Waals surface area (Å²) in [5.74, 6) is 1.61. The molecule has 3 aromatic rings. The number of hydrogen-bond acceptors (Lipinski definition) is 6. The summed E-state index contributed by atoms with van der Waals surface area (Å²) < 4.78 is 11.4. The lowest BCUT2D eigenvalue weighted by Gasteiger charge is -2.12. The number of ether oxygens (including phenoxy) is 2. The molecular formula is C25H22ClN3O3S. The van der Waals surface area contributed by atoms with E-state index in [0.29, 0.717) is 39.0 Å². The number of carbonyl (C=O) groups is 1. The second-order valence-corrected chi connectivity index (χ2v) is 8.71. The molecule has 1 amide bonds. The molecule has 33 heavy (non-hydrogen) atoms. The Morgan fingerprint density at radius 2 is 1.94 bits per heavy atom. The van der Waals surface area contributed by atoms with Crippen LogP contribution in [-0.4, -0.2) is 35.1 Å². The number of likely N-dealkylation sites (N-methyl/N-ethyl adjacent to an activating group) is 1. The van der Waals surface area contributed by atoms with E-state index in [0.717, 1.165) is 16.8 Å². The first-order valence-corrected chi connectivity index (χ1v) is 11.4. The van der Waals surface area contributed by atoms with Crippen molar-refractivity contribution in [1.82, 2.24) is 9.88 Å². The Morgan fingerprint density at radius 1 is 1.12 bits per heavy atom. The Hall–Kier alpha value is -3.29. The molecular weight excluding hydrogens is 458 g/mol. The summed E-state index contributed by atoms with van der Waals surface area (Å²) in [7, 11) is 3.29. The highest BCUT2D eigenvalue weighted by atomic mass is 35.5. The number of aryl methyl sites for hydroxylation is 1. The summed E-state index contributed by atoms with van der Waals surface area (Å²) in [6.45, 7) is 2.23. The molecule has 0 bridgehead atoms. The van der Waals surface area contributed by atoms with Crippen molar-refractivity contribution in [3.63, 3.8) is 0 Å². The van der Waals surface area contributed by atoms with Crippen molar-refractivity contribution in [3.8, 4) is 11.5 Å². The first-order chi connectivity index (χ1) is 15.9.